The standard InChI is InChI=1S/C10H11BrO3/c1-3-14-9-4-6(2)8(11)5-7(9)10(12)13/h4-5H,3H2,1-2H3,(H,12,13). The van der Waals surface area contributed by atoms with Crippen LogP contribution < -0.4 is 4.74 Å². The predicted octanol–water partition coefficient (Wildman–Crippen LogP) is 2.85. The summed E-state index contributed by atoms with van der Waals surface area (Å²) in [5.41, 5.74) is 1.14. The van der Waals surface area contributed by atoms with Crippen LogP contribution in [0.2, 0.25) is 0 Å². The summed E-state index contributed by atoms with van der Waals surface area (Å²) in [5, 5.41) is 8.91. The molecule has 14 heavy (non-hydrogen) atoms. The Hall–Kier alpha value is -1.03. The molecule has 0 saturated heterocycles. The van der Waals surface area contributed by atoms with Gasteiger partial charge in [0, 0.05) is 4.47 Å². The van der Waals surface area contributed by atoms with Crippen molar-refractivity contribution in [1.29, 1.82) is 0 Å². The molecule has 0 amide bonds. The van der Waals surface area contributed by atoms with Crippen LogP contribution in [0.3, 0.4) is 0 Å². The summed E-state index contributed by atoms with van der Waals surface area (Å²) >= 11 is 3.28. The lowest BCUT2D eigenvalue weighted by Crippen LogP contribution is -2.03. The van der Waals surface area contributed by atoms with E-state index in [0.717, 1.165) is 10.0 Å². The minimum absolute atomic E-state index is 0.185. The number of ether oxygens (including phenoxy) is 1. The molecule has 0 bridgehead atoms. The van der Waals surface area contributed by atoms with Gasteiger partial charge < -0.3 is 9.84 Å². The molecule has 4 heteroatoms. The van der Waals surface area contributed by atoms with Crippen molar-refractivity contribution in [2.45, 2.75) is 13.8 Å². The molecule has 76 valence electrons. The van der Waals surface area contributed by atoms with Crippen molar-refractivity contribution in [3.8, 4) is 5.75 Å². The van der Waals surface area contributed by atoms with E-state index in [1.807, 2.05) is 13.8 Å². The second-order valence-corrected chi connectivity index (χ2v) is 3.69. The van der Waals surface area contributed by atoms with Gasteiger partial charge in [0.25, 0.3) is 0 Å². The molecule has 0 unspecified atom stereocenters. The summed E-state index contributed by atoms with van der Waals surface area (Å²) in [6, 6.07) is 3.28. The Morgan fingerprint density at radius 2 is 2.21 bits per heavy atom. The van der Waals surface area contributed by atoms with Gasteiger partial charge in [-0.3, -0.25) is 0 Å². The largest absolute Gasteiger partial charge is 0.493 e. The monoisotopic (exact) mass is 258 g/mol. The van der Waals surface area contributed by atoms with E-state index < -0.39 is 5.97 Å². The molecular weight excluding hydrogens is 248 g/mol. The van der Waals surface area contributed by atoms with Crippen LogP contribution in [0.25, 0.3) is 0 Å². The van der Waals surface area contributed by atoms with E-state index in [4.69, 9.17) is 9.84 Å². The molecule has 3 nitrogen and oxygen atoms in total. The van der Waals surface area contributed by atoms with Crippen LogP contribution in [0, 0.1) is 6.92 Å². The molecule has 0 atom stereocenters. The SMILES string of the molecule is CCOc1cc(C)c(Br)cc1C(=O)O. The zero-order chi connectivity index (χ0) is 10.7. The van der Waals surface area contributed by atoms with Gasteiger partial charge in [0.2, 0.25) is 0 Å². The molecule has 0 aliphatic rings. The Balaban J connectivity index is 3.24. The van der Waals surface area contributed by atoms with Crippen molar-refractivity contribution in [2.24, 2.45) is 0 Å². The number of halogens is 1. The predicted molar refractivity (Wildman–Crippen MR) is 57.0 cm³/mol. The first-order chi connectivity index (χ1) is 6.56. The summed E-state index contributed by atoms with van der Waals surface area (Å²) in [6.07, 6.45) is 0. The Morgan fingerprint density at radius 3 is 2.71 bits per heavy atom. The van der Waals surface area contributed by atoms with Gasteiger partial charge in [-0.2, -0.15) is 0 Å². The Morgan fingerprint density at radius 1 is 1.57 bits per heavy atom. The first-order valence-corrected chi connectivity index (χ1v) is 5.01. The van der Waals surface area contributed by atoms with Crippen LogP contribution in [0.4, 0.5) is 0 Å². The lowest BCUT2D eigenvalue weighted by Gasteiger charge is -2.09. The molecule has 1 aromatic rings. The van der Waals surface area contributed by atoms with Crippen molar-refractivity contribution in [3.05, 3.63) is 27.7 Å². The molecular formula is C10H11BrO3. The fourth-order valence-electron chi connectivity index (χ4n) is 1.10. The van der Waals surface area contributed by atoms with E-state index in [1.54, 1.807) is 12.1 Å². The maximum absolute atomic E-state index is 10.9. The Kier molecular flexibility index (Phi) is 3.52. The fraction of sp³-hybridized carbons (Fsp3) is 0.300. The zero-order valence-electron chi connectivity index (χ0n) is 8.00. The molecule has 0 saturated carbocycles. The van der Waals surface area contributed by atoms with Crippen LogP contribution in [0.1, 0.15) is 22.8 Å². The summed E-state index contributed by atoms with van der Waals surface area (Å²) < 4.78 is 6.01. The van der Waals surface area contributed by atoms with Crippen LogP contribution in [0.5, 0.6) is 5.75 Å². The van der Waals surface area contributed by atoms with E-state index in [9.17, 15) is 4.79 Å². The summed E-state index contributed by atoms with van der Waals surface area (Å²) in [4.78, 5) is 10.9. The van der Waals surface area contributed by atoms with E-state index in [0.29, 0.717) is 12.4 Å². The van der Waals surface area contributed by atoms with Gasteiger partial charge in [0.1, 0.15) is 11.3 Å². The van der Waals surface area contributed by atoms with Gasteiger partial charge in [-0.25, -0.2) is 4.79 Å². The van der Waals surface area contributed by atoms with Crippen molar-refractivity contribution in [3.63, 3.8) is 0 Å². The zero-order valence-corrected chi connectivity index (χ0v) is 9.59. The summed E-state index contributed by atoms with van der Waals surface area (Å²) in [5.74, 6) is -0.560. The minimum atomic E-state index is -0.978. The van der Waals surface area contributed by atoms with Gasteiger partial charge in [-0.15, -0.1) is 0 Å². The first kappa shape index (κ1) is 11.0. The van der Waals surface area contributed by atoms with E-state index in [-0.39, 0.29) is 5.56 Å². The molecule has 1 N–H and O–H groups in total. The van der Waals surface area contributed by atoms with Crippen molar-refractivity contribution in [2.75, 3.05) is 6.61 Å². The molecule has 1 aromatic carbocycles. The molecule has 0 fully saturated rings. The van der Waals surface area contributed by atoms with Gasteiger partial charge in [-0.05, 0) is 31.5 Å². The second-order valence-electron chi connectivity index (χ2n) is 2.84. The average Bonchev–Trinajstić information content (AvgIpc) is 2.11. The smallest absolute Gasteiger partial charge is 0.339 e. The molecule has 0 radical (unpaired) electrons. The van der Waals surface area contributed by atoms with Gasteiger partial charge >= 0.3 is 5.97 Å². The van der Waals surface area contributed by atoms with Crippen molar-refractivity contribution < 1.29 is 14.6 Å². The Bertz CT molecular complexity index is 361. The number of carbonyl (C=O) groups is 1. The number of aromatic carboxylic acids is 1. The lowest BCUT2D eigenvalue weighted by molar-refractivity contribution is 0.0692. The second kappa shape index (κ2) is 4.46. The average molecular weight is 259 g/mol. The number of hydrogen-bond donors (Lipinski definition) is 1. The molecule has 0 aromatic heterocycles. The summed E-state index contributed by atoms with van der Waals surface area (Å²) in [6.45, 7) is 4.17. The third-order valence-electron chi connectivity index (χ3n) is 1.79. The highest BCUT2D eigenvalue weighted by atomic mass is 79.9. The number of hydrogen-bond acceptors (Lipinski definition) is 2. The highest BCUT2D eigenvalue weighted by Gasteiger charge is 2.13. The fourth-order valence-corrected chi connectivity index (χ4v) is 1.44. The number of carboxylic acids is 1. The highest BCUT2D eigenvalue weighted by molar-refractivity contribution is 9.10. The number of benzene rings is 1. The number of aryl methyl sites for hydroxylation is 1. The minimum Gasteiger partial charge on any atom is -0.493 e. The third-order valence-corrected chi connectivity index (χ3v) is 2.65. The van der Waals surface area contributed by atoms with Crippen LogP contribution >= 0.6 is 15.9 Å². The normalized spacial score (nSPS) is 9.93. The molecule has 0 spiro atoms. The van der Waals surface area contributed by atoms with E-state index in [2.05, 4.69) is 15.9 Å². The van der Waals surface area contributed by atoms with Crippen LogP contribution in [-0.2, 0) is 0 Å². The molecule has 0 aliphatic heterocycles. The topological polar surface area (TPSA) is 46.5 Å². The quantitative estimate of drug-likeness (QED) is 0.907. The van der Waals surface area contributed by atoms with Crippen LogP contribution in [-0.4, -0.2) is 17.7 Å². The number of carboxylic acid groups (broad SMARTS) is 1. The van der Waals surface area contributed by atoms with Crippen molar-refractivity contribution >= 4 is 21.9 Å². The lowest BCUT2D eigenvalue weighted by atomic mass is 10.1. The van der Waals surface area contributed by atoms with Gasteiger partial charge in [0.05, 0.1) is 6.61 Å². The van der Waals surface area contributed by atoms with E-state index >= 15 is 0 Å². The summed E-state index contributed by atoms with van der Waals surface area (Å²) in [7, 11) is 0. The van der Waals surface area contributed by atoms with E-state index in [1.165, 1.54) is 0 Å². The van der Waals surface area contributed by atoms with Gasteiger partial charge in [-0.1, -0.05) is 15.9 Å². The maximum atomic E-state index is 10.9. The molecule has 0 heterocycles. The van der Waals surface area contributed by atoms with Gasteiger partial charge in [0.15, 0.2) is 0 Å². The molecule has 0 aliphatic carbocycles. The first-order valence-electron chi connectivity index (χ1n) is 4.22. The highest BCUT2D eigenvalue weighted by Crippen LogP contribution is 2.27. The molecule has 1 rings (SSSR count). The van der Waals surface area contributed by atoms with Crippen molar-refractivity contribution in [1.82, 2.24) is 0 Å². The number of rotatable bonds is 3. The third kappa shape index (κ3) is 2.26. The van der Waals surface area contributed by atoms with Crippen LogP contribution in [0.15, 0.2) is 16.6 Å². The Labute approximate surface area is 90.8 Å². The maximum Gasteiger partial charge on any atom is 0.339 e.